The molecule has 0 aliphatic heterocycles. The van der Waals surface area contributed by atoms with Crippen molar-refractivity contribution in [2.75, 3.05) is 5.32 Å². The maximum absolute atomic E-state index is 11.6. The van der Waals surface area contributed by atoms with Crippen LogP contribution < -0.4 is 5.32 Å². The third-order valence-electron chi connectivity index (χ3n) is 2.79. The van der Waals surface area contributed by atoms with E-state index in [2.05, 4.69) is 20.6 Å². The first-order valence-corrected chi connectivity index (χ1v) is 7.97. The van der Waals surface area contributed by atoms with Crippen LogP contribution in [0, 0.1) is 6.92 Å². The molecule has 0 saturated carbocycles. The minimum atomic E-state index is -2.00. The van der Waals surface area contributed by atoms with Crippen LogP contribution in [-0.2, 0) is 4.79 Å². The lowest BCUT2D eigenvalue weighted by molar-refractivity contribution is -0.115. The van der Waals surface area contributed by atoms with Crippen LogP contribution in [0.4, 0.5) is 5.69 Å². The van der Waals surface area contributed by atoms with Gasteiger partial charge in [-0.2, -0.15) is 9.61 Å². The van der Waals surface area contributed by atoms with Crippen LogP contribution in [-0.4, -0.2) is 29.5 Å². The van der Waals surface area contributed by atoms with E-state index in [1.165, 1.54) is 11.3 Å². The first kappa shape index (κ1) is 15.5. The number of hydrogen-bond donors (Lipinski definition) is 1. The third-order valence-corrected chi connectivity index (χ3v) is 4.26. The number of fused-ring (bicyclic) bond motifs is 1. The molecule has 0 spiro atoms. The van der Waals surface area contributed by atoms with Crippen molar-refractivity contribution in [2.24, 2.45) is 0 Å². The summed E-state index contributed by atoms with van der Waals surface area (Å²) in [5.41, 5.74) is 1.42. The maximum Gasteiger partial charge on any atom is 0.276 e. The van der Waals surface area contributed by atoms with Gasteiger partial charge in [0.1, 0.15) is 5.01 Å². The van der Waals surface area contributed by atoms with Crippen molar-refractivity contribution in [1.82, 2.24) is 19.8 Å². The van der Waals surface area contributed by atoms with Crippen molar-refractivity contribution in [3.63, 3.8) is 0 Å². The Morgan fingerprint density at radius 3 is 2.50 bits per heavy atom. The van der Waals surface area contributed by atoms with E-state index in [0.29, 0.717) is 5.69 Å². The lowest BCUT2D eigenvalue weighted by Gasteiger charge is -2.11. The summed E-state index contributed by atoms with van der Waals surface area (Å²) >= 11 is 17.9. The monoisotopic (exact) mass is 375 g/mol. The van der Waals surface area contributed by atoms with Crippen molar-refractivity contribution >= 4 is 62.7 Å². The molecule has 2 aromatic heterocycles. The number of alkyl halides is 3. The minimum Gasteiger partial charge on any atom is -0.322 e. The van der Waals surface area contributed by atoms with E-state index >= 15 is 0 Å². The largest absolute Gasteiger partial charge is 0.322 e. The molecule has 3 rings (SSSR count). The Kier molecular flexibility index (Phi) is 3.98. The number of carbonyl (C=O) groups excluding carboxylic acids is 1. The third kappa shape index (κ3) is 3.03. The quantitative estimate of drug-likeness (QED) is 0.695. The number of nitrogens with one attached hydrogen (secondary N) is 1. The number of hydrogen-bond acceptors (Lipinski definition) is 5. The van der Waals surface area contributed by atoms with Crippen molar-refractivity contribution in [3.05, 3.63) is 30.1 Å². The summed E-state index contributed by atoms with van der Waals surface area (Å²) in [6, 6.07) is 7.04. The molecule has 0 aliphatic rings. The fraction of sp³-hybridized carbons (Fsp3) is 0.167. The van der Waals surface area contributed by atoms with Gasteiger partial charge >= 0.3 is 0 Å². The number of nitrogens with zero attached hydrogens (tertiary/aromatic N) is 4. The molecule has 2 heterocycles. The van der Waals surface area contributed by atoms with Gasteiger partial charge in [-0.05, 0) is 31.2 Å². The molecule has 1 amide bonds. The highest BCUT2D eigenvalue weighted by atomic mass is 35.6. The molecule has 0 radical (unpaired) electrons. The molecule has 3 aromatic rings. The smallest absolute Gasteiger partial charge is 0.276 e. The molecule has 22 heavy (non-hydrogen) atoms. The van der Waals surface area contributed by atoms with Crippen LogP contribution in [0.5, 0.6) is 0 Å². The Balaban J connectivity index is 1.83. The second kappa shape index (κ2) is 5.66. The van der Waals surface area contributed by atoms with Gasteiger partial charge in [-0.15, -0.1) is 10.2 Å². The van der Waals surface area contributed by atoms with Gasteiger partial charge in [-0.1, -0.05) is 46.1 Å². The normalized spacial score (nSPS) is 11.8. The first-order valence-electron chi connectivity index (χ1n) is 6.02. The minimum absolute atomic E-state index is 0.527. The van der Waals surface area contributed by atoms with Crippen LogP contribution in [0.15, 0.2) is 24.3 Å². The van der Waals surface area contributed by atoms with Crippen LogP contribution in [0.3, 0.4) is 0 Å². The van der Waals surface area contributed by atoms with Gasteiger partial charge in [0, 0.05) is 11.3 Å². The summed E-state index contributed by atoms with van der Waals surface area (Å²) < 4.78 is -0.317. The van der Waals surface area contributed by atoms with Crippen molar-refractivity contribution in [1.29, 1.82) is 0 Å². The molecule has 114 valence electrons. The summed E-state index contributed by atoms with van der Waals surface area (Å²) in [5, 5.41) is 15.7. The van der Waals surface area contributed by atoms with Crippen LogP contribution in [0.25, 0.3) is 15.5 Å². The van der Waals surface area contributed by atoms with Gasteiger partial charge in [0.05, 0.1) is 0 Å². The number of anilines is 1. The van der Waals surface area contributed by atoms with Gasteiger partial charge in [0.25, 0.3) is 9.70 Å². The number of halogens is 3. The summed E-state index contributed by atoms with van der Waals surface area (Å²) in [6.07, 6.45) is 0. The van der Waals surface area contributed by atoms with Crippen LogP contribution in [0.2, 0.25) is 0 Å². The number of benzene rings is 1. The second-order valence-corrected chi connectivity index (χ2v) is 7.62. The molecule has 1 aromatic carbocycles. The molecular formula is C12H8Cl3N5OS. The van der Waals surface area contributed by atoms with E-state index in [1.54, 1.807) is 16.6 Å². The molecule has 0 atom stereocenters. The number of rotatable bonds is 2. The number of aryl methyl sites for hydroxylation is 1. The summed E-state index contributed by atoms with van der Waals surface area (Å²) in [5.74, 6) is 0.0173. The van der Waals surface area contributed by atoms with E-state index in [0.717, 1.165) is 21.4 Å². The second-order valence-electron chi connectivity index (χ2n) is 4.38. The summed E-state index contributed by atoms with van der Waals surface area (Å²) in [4.78, 5) is 12.3. The molecule has 0 unspecified atom stereocenters. The lowest BCUT2D eigenvalue weighted by atomic mass is 10.2. The molecule has 1 N–H and O–H groups in total. The van der Waals surface area contributed by atoms with Gasteiger partial charge in [-0.3, -0.25) is 4.79 Å². The fourth-order valence-corrected chi connectivity index (χ4v) is 2.76. The molecule has 0 saturated heterocycles. The Morgan fingerprint density at radius 1 is 1.23 bits per heavy atom. The molecule has 6 nitrogen and oxygen atoms in total. The average molecular weight is 377 g/mol. The van der Waals surface area contributed by atoms with E-state index in [4.69, 9.17) is 34.8 Å². The fourth-order valence-electron chi connectivity index (χ4n) is 1.73. The summed E-state index contributed by atoms with van der Waals surface area (Å²) in [6.45, 7) is 1.83. The number of amides is 1. The zero-order valence-electron chi connectivity index (χ0n) is 11.0. The Hall–Kier alpha value is -1.41. The SMILES string of the molecule is Cc1nnc2sc(-c3ccc(NC(=O)C(Cl)(Cl)Cl)cc3)nn12. The molecule has 0 fully saturated rings. The molecule has 0 aliphatic carbocycles. The van der Waals surface area contributed by atoms with E-state index in [9.17, 15) is 4.79 Å². The highest BCUT2D eigenvalue weighted by Crippen LogP contribution is 2.29. The van der Waals surface area contributed by atoms with Crippen LogP contribution in [0.1, 0.15) is 5.82 Å². The van der Waals surface area contributed by atoms with Gasteiger partial charge < -0.3 is 5.32 Å². The van der Waals surface area contributed by atoms with E-state index in [1.807, 2.05) is 19.1 Å². The van der Waals surface area contributed by atoms with Crippen LogP contribution >= 0.6 is 46.1 Å². The Labute approximate surface area is 144 Å². The van der Waals surface area contributed by atoms with Crippen molar-refractivity contribution in [3.8, 4) is 10.6 Å². The predicted octanol–water partition coefficient (Wildman–Crippen LogP) is 3.47. The predicted molar refractivity (Wildman–Crippen MR) is 87.8 cm³/mol. The topological polar surface area (TPSA) is 72.2 Å². The summed E-state index contributed by atoms with van der Waals surface area (Å²) in [7, 11) is 0. The lowest BCUT2D eigenvalue weighted by Crippen LogP contribution is -2.26. The van der Waals surface area contributed by atoms with Gasteiger partial charge in [0.2, 0.25) is 4.96 Å². The molecule has 10 heteroatoms. The highest BCUT2D eigenvalue weighted by molar-refractivity contribution is 7.19. The van der Waals surface area contributed by atoms with E-state index in [-0.39, 0.29) is 0 Å². The van der Waals surface area contributed by atoms with Gasteiger partial charge in [-0.25, -0.2) is 0 Å². The molecular weight excluding hydrogens is 369 g/mol. The van der Waals surface area contributed by atoms with Crippen molar-refractivity contribution < 1.29 is 4.79 Å². The zero-order valence-corrected chi connectivity index (χ0v) is 14.1. The first-order chi connectivity index (χ1) is 10.3. The van der Waals surface area contributed by atoms with E-state index < -0.39 is 9.70 Å². The Bertz CT molecular complexity index is 837. The standard InChI is InChI=1S/C12H8Cl3N5OS/c1-6-17-18-11-20(6)19-9(22-11)7-2-4-8(5-3-7)16-10(21)12(13,14)15/h2-5H,1H3,(H,16,21). The van der Waals surface area contributed by atoms with Gasteiger partial charge in [0.15, 0.2) is 5.82 Å². The number of aromatic nitrogens is 4. The highest BCUT2D eigenvalue weighted by Gasteiger charge is 2.30. The average Bonchev–Trinajstić information content (AvgIpc) is 3.01. The van der Waals surface area contributed by atoms with Crippen molar-refractivity contribution in [2.45, 2.75) is 10.7 Å². The zero-order chi connectivity index (χ0) is 15.9. The maximum atomic E-state index is 11.6. The Morgan fingerprint density at radius 2 is 1.91 bits per heavy atom. The number of carbonyl (C=O) groups is 1. The molecule has 0 bridgehead atoms.